The van der Waals surface area contributed by atoms with Crippen LogP contribution in [0.4, 0.5) is 8.78 Å². The highest BCUT2D eigenvalue weighted by Gasteiger charge is 2.08. The van der Waals surface area contributed by atoms with Crippen LogP contribution in [0.15, 0.2) is 42.0 Å². The number of benzene rings is 2. The normalized spacial score (nSPS) is 9.61. The number of nitriles is 2. The molecule has 0 bridgehead atoms. The molecular weight excluding hydrogens is 322 g/mol. The molecule has 114 valence electrons. The lowest BCUT2D eigenvalue weighted by Crippen LogP contribution is -2.00. The SMILES string of the molecule is N#CC(C#N)=Cc1cc(Cl)ccc1OCc1cc(F)ccc1F. The Morgan fingerprint density at radius 3 is 2.57 bits per heavy atom. The Morgan fingerprint density at radius 2 is 1.87 bits per heavy atom. The Morgan fingerprint density at radius 1 is 1.13 bits per heavy atom. The van der Waals surface area contributed by atoms with Crippen molar-refractivity contribution in [3.63, 3.8) is 0 Å². The molecule has 0 saturated carbocycles. The van der Waals surface area contributed by atoms with Gasteiger partial charge in [-0.2, -0.15) is 10.5 Å². The summed E-state index contributed by atoms with van der Waals surface area (Å²) in [6, 6.07) is 11.1. The number of hydrogen-bond donors (Lipinski definition) is 0. The molecule has 0 spiro atoms. The monoisotopic (exact) mass is 330 g/mol. The Hall–Kier alpha value is -2.89. The van der Waals surface area contributed by atoms with Crippen LogP contribution >= 0.6 is 11.6 Å². The Labute approximate surface area is 136 Å². The molecule has 0 saturated heterocycles. The number of nitrogens with zero attached hydrogens (tertiary/aromatic N) is 2. The number of rotatable bonds is 4. The molecule has 0 amide bonds. The van der Waals surface area contributed by atoms with Crippen LogP contribution in [0.5, 0.6) is 5.75 Å². The largest absolute Gasteiger partial charge is 0.488 e. The number of halogens is 3. The van der Waals surface area contributed by atoms with Crippen LogP contribution < -0.4 is 4.74 Å². The summed E-state index contributed by atoms with van der Waals surface area (Å²) in [6.07, 6.45) is 1.31. The average molecular weight is 331 g/mol. The predicted octanol–water partition coefficient (Wildman–Crippen LogP) is 4.63. The third-order valence-corrected chi connectivity index (χ3v) is 3.14. The standard InChI is InChI=1S/C17H9ClF2N2O/c18-14-1-4-17(12(6-14)5-11(8-21)9-22)23-10-13-7-15(19)2-3-16(13)20/h1-7H,10H2. The summed E-state index contributed by atoms with van der Waals surface area (Å²) in [5.74, 6) is -0.870. The van der Waals surface area contributed by atoms with E-state index in [1.54, 1.807) is 18.2 Å². The van der Waals surface area contributed by atoms with Gasteiger partial charge in [-0.15, -0.1) is 0 Å². The molecule has 23 heavy (non-hydrogen) atoms. The topological polar surface area (TPSA) is 56.8 Å². The van der Waals surface area contributed by atoms with E-state index >= 15 is 0 Å². The maximum absolute atomic E-state index is 13.6. The first-order chi connectivity index (χ1) is 11.0. The van der Waals surface area contributed by atoms with Crippen LogP contribution in [0.25, 0.3) is 6.08 Å². The van der Waals surface area contributed by atoms with E-state index in [9.17, 15) is 8.78 Å². The van der Waals surface area contributed by atoms with Gasteiger partial charge in [0.2, 0.25) is 0 Å². The average Bonchev–Trinajstić information content (AvgIpc) is 2.54. The summed E-state index contributed by atoms with van der Waals surface area (Å²) in [5, 5.41) is 18.0. The van der Waals surface area contributed by atoms with Crippen LogP contribution in [0.1, 0.15) is 11.1 Å². The van der Waals surface area contributed by atoms with Crippen molar-refractivity contribution in [2.75, 3.05) is 0 Å². The summed E-state index contributed by atoms with van der Waals surface area (Å²) in [7, 11) is 0. The maximum atomic E-state index is 13.6. The zero-order valence-corrected chi connectivity index (χ0v) is 12.4. The summed E-state index contributed by atoms with van der Waals surface area (Å²) in [5.41, 5.74) is 0.317. The van der Waals surface area contributed by atoms with Crippen LogP contribution in [-0.4, -0.2) is 0 Å². The lowest BCUT2D eigenvalue weighted by atomic mass is 10.1. The second-order valence-corrected chi connectivity index (χ2v) is 4.92. The van der Waals surface area contributed by atoms with Gasteiger partial charge in [-0.05, 0) is 42.5 Å². The van der Waals surface area contributed by atoms with Gasteiger partial charge in [-0.3, -0.25) is 0 Å². The zero-order chi connectivity index (χ0) is 16.8. The van der Waals surface area contributed by atoms with E-state index in [1.165, 1.54) is 18.2 Å². The van der Waals surface area contributed by atoms with Crippen LogP contribution in [0.2, 0.25) is 5.02 Å². The molecule has 0 aliphatic carbocycles. The molecule has 0 aliphatic heterocycles. The minimum atomic E-state index is -0.591. The van der Waals surface area contributed by atoms with E-state index in [0.717, 1.165) is 18.2 Å². The second kappa shape index (κ2) is 7.40. The lowest BCUT2D eigenvalue weighted by molar-refractivity contribution is 0.298. The van der Waals surface area contributed by atoms with Crippen molar-refractivity contribution in [2.45, 2.75) is 6.61 Å². The lowest BCUT2D eigenvalue weighted by Gasteiger charge is -2.10. The van der Waals surface area contributed by atoms with Gasteiger partial charge in [-0.1, -0.05) is 11.6 Å². The molecule has 3 nitrogen and oxygen atoms in total. The fourth-order valence-corrected chi connectivity index (χ4v) is 2.00. The van der Waals surface area contributed by atoms with E-state index in [-0.39, 0.29) is 17.7 Å². The van der Waals surface area contributed by atoms with Gasteiger partial charge < -0.3 is 4.74 Å². The summed E-state index contributed by atoms with van der Waals surface area (Å²) < 4.78 is 32.2. The smallest absolute Gasteiger partial charge is 0.130 e. The van der Waals surface area contributed by atoms with Crippen LogP contribution in [0.3, 0.4) is 0 Å². The Kier molecular flexibility index (Phi) is 5.30. The highest BCUT2D eigenvalue weighted by molar-refractivity contribution is 6.30. The van der Waals surface area contributed by atoms with Crippen molar-refractivity contribution >= 4 is 17.7 Å². The van der Waals surface area contributed by atoms with Crippen molar-refractivity contribution in [2.24, 2.45) is 0 Å². The molecule has 2 aromatic carbocycles. The Balaban J connectivity index is 2.30. The Bertz CT molecular complexity index is 835. The summed E-state index contributed by atoms with van der Waals surface area (Å²) in [4.78, 5) is 0. The van der Waals surface area contributed by atoms with Gasteiger partial charge >= 0.3 is 0 Å². The number of ether oxygens (including phenoxy) is 1. The predicted molar refractivity (Wildman–Crippen MR) is 81.3 cm³/mol. The number of hydrogen-bond acceptors (Lipinski definition) is 3. The van der Waals surface area contributed by atoms with Gasteiger partial charge in [0.1, 0.15) is 41.7 Å². The van der Waals surface area contributed by atoms with E-state index < -0.39 is 11.6 Å². The fourth-order valence-electron chi connectivity index (χ4n) is 1.82. The molecule has 0 atom stereocenters. The zero-order valence-electron chi connectivity index (χ0n) is 11.7. The van der Waals surface area contributed by atoms with Gasteiger partial charge in [0.15, 0.2) is 0 Å². The van der Waals surface area contributed by atoms with Gasteiger partial charge in [0, 0.05) is 16.1 Å². The van der Waals surface area contributed by atoms with Crippen LogP contribution in [-0.2, 0) is 6.61 Å². The molecule has 0 heterocycles. The van der Waals surface area contributed by atoms with Crippen molar-refractivity contribution in [3.05, 3.63) is 69.8 Å². The molecule has 0 radical (unpaired) electrons. The van der Waals surface area contributed by atoms with Gasteiger partial charge in [-0.25, -0.2) is 8.78 Å². The minimum absolute atomic E-state index is 0.0515. The van der Waals surface area contributed by atoms with Gasteiger partial charge in [0.05, 0.1) is 0 Å². The summed E-state index contributed by atoms with van der Waals surface area (Å²) in [6.45, 7) is -0.208. The fraction of sp³-hybridized carbons (Fsp3) is 0.0588. The molecule has 0 unspecified atom stereocenters. The molecular formula is C17H9ClF2N2O. The highest BCUT2D eigenvalue weighted by atomic mass is 35.5. The molecule has 0 N–H and O–H groups in total. The first kappa shape index (κ1) is 16.5. The molecule has 6 heteroatoms. The molecule has 0 fully saturated rings. The first-order valence-corrected chi connectivity index (χ1v) is 6.79. The number of allylic oxidation sites excluding steroid dienone is 1. The van der Waals surface area contributed by atoms with Gasteiger partial charge in [0.25, 0.3) is 0 Å². The van der Waals surface area contributed by atoms with Crippen molar-refractivity contribution in [3.8, 4) is 17.9 Å². The third-order valence-electron chi connectivity index (χ3n) is 2.90. The third kappa shape index (κ3) is 4.29. The maximum Gasteiger partial charge on any atom is 0.130 e. The molecule has 2 aromatic rings. The van der Waals surface area contributed by atoms with E-state index in [4.69, 9.17) is 26.9 Å². The van der Waals surface area contributed by atoms with Crippen LogP contribution in [0, 0.1) is 34.3 Å². The first-order valence-electron chi connectivity index (χ1n) is 6.41. The quantitative estimate of drug-likeness (QED) is 0.768. The molecule has 0 aromatic heterocycles. The van der Waals surface area contributed by atoms with Crippen molar-refractivity contribution < 1.29 is 13.5 Å². The van der Waals surface area contributed by atoms with Crippen molar-refractivity contribution in [1.82, 2.24) is 0 Å². The molecule has 0 aliphatic rings. The minimum Gasteiger partial charge on any atom is -0.488 e. The molecule has 2 rings (SSSR count). The van der Waals surface area contributed by atoms with E-state index in [0.29, 0.717) is 16.3 Å². The van der Waals surface area contributed by atoms with E-state index in [2.05, 4.69) is 0 Å². The highest BCUT2D eigenvalue weighted by Crippen LogP contribution is 2.26. The van der Waals surface area contributed by atoms with E-state index in [1.807, 2.05) is 0 Å². The summed E-state index contributed by atoms with van der Waals surface area (Å²) >= 11 is 5.89. The van der Waals surface area contributed by atoms with Crippen molar-refractivity contribution in [1.29, 1.82) is 10.5 Å². The second-order valence-electron chi connectivity index (χ2n) is 4.49.